The molecule has 1 aromatic rings. The second kappa shape index (κ2) is 12.9. The van der Waals surface area contributed by atoms with Crippen LogP contribution in [0.3, 0.4) is 0 Å². The van der Waals surface area contributed by atoms with Crippen LogP contribution in [0.15, 0.2) is 58.3 Å². The van der Waals surface area contributed by atoms with Crippen molar-refractivity contribution in [2.75, 3.05) is 47.3 Å². The number of carbonyl (C=O) groups is 3. The van der Waals surface area contributed by atoms with Gasteiger partial charge in [-0.15, -0.1) is 0 Å². The maximum Gasteiger partial charge on any atom is 0.243 e. The Labute approximate surface area is 242 Å². The third-order valence-corrected chi connectivity index (χ3v) is 8.72. The van der Waals surface area contributed by atoms with Gasteiger partial charge in [0.2, 0.25) is 17.7 Å². The fourth-order valence-corrected chi connectivity index (χ4v) is 6.39. The highest BCUT2D eigenvalue weighted by molar-refractivity contribution is 5.91. The molecule has 0 aromatic carbocycles. The number of hydrogen-bond acceptors (Lipinski definition) is 8. The maximum atomic E-state index is 14.0. The minimum atomic E-state index is -0.557. The number of pyridine rings is 1. The summed E-state index contributed by atoms with van der Waals surface area (Å²) in [5, 5.41) is 13.3. The Morgan fingerprint density at radius 2 is 1.88 bits per heavy atom. The average Bonchev–Trinajstić information content (AvgIpc) is 3.73. The van der Waals surface area contributed by atoms with Crippen LogP contribution in [0.5, 0.6) is 0 Å². The van der Waals surface area contributed by atoms with Crippen molar-refractivity contribution in [1.29, 1.82) is 0 Å². The lowest BCUT2D eigenvalue weighted by molar-refractivity contribution is -0.142. The molecule has 1 aliphatic carbocycles. The summed E-state index contributed by atoms with van der Waals surface area (Å²) in [5.74, 6) is 0.0434. The van der Waals surface area contributed by atoms with Gasteiger partial charge >= 0.3 is 0 Å². The molecule has 0 spiro atoms. The molecule has 4 aliphatic rings. The molecule has 3 aliphatic heterocycles. The largest absolute Gasteiger partial charge is 0.351 e. The first-order valence-electron chi connectivity index (χ1n) is 14.8. The van der Waals surface area contributed by atoms with Crippen LogP contribution in [0.2, 0.25) is 0 Å². The van der Waals surface area contributed by atoms with Gasteiger partial charge in [-0.1, -0.05) is 11.3 Å². The van der Waals surface area contributed by atoms with Crippen LogP contribution in [0.4, 0.5) is 0 Å². The molecule has 0 radical (unpaired) electrons. The fourth-order valence-electron chi connectivity index (χ4n) is 6.39. The van der Waals surface area contributed by atoms with Gasteiger partial charge in [-0.05, 0) is 81.5 Å². The van der Waals surface area contributed by atoms with Gasteiger partial charge in [0, 0.05) is 58.5 Å². The van der Waals surface area contributed by atoms with Gasteiger partial charge in [-0.2, -0.15) is 5.11 Å². The molecule has 220 valence electrons. The SMILES string of the molecule is CN1N=NC2CC(CNC(=O)C3CC(Cc4ccncc4)CN3C(=O)C(CCC(=O)N3CCCC3)N(C)C)=CC=C21. The van der Waals surface area contributed by atoms with Crippen LogP contribution in [-0.2, 0) is 20.8 Å². The summed E-state index contributed by atoms with van der Waals surface area (Å²) in [5.41, 5.74) is 3.28. The first kappa shape index (κ1) is 28.9. The summed E-state index contributed by atoms with van der Waals surface area (Å²) in [6.45, 7) is 2.53. The fraction of sp³-hybridized carbons (Fsp3) is 0.600. The van der Waals surface area contributed by atoms with Crippen molar-refractivity contribution < 1.29 is 14.4 Å². The molecule has 2 fully saturated rings. The molecular formula is C30H42N8O3. The van der Waals surface area contributed by atoms with E-state index >= 15 is 0 Å². The van der Waals surface area contributed by atoms with Crippen molar-refractivity contribution in [1.82, 2.24) is 30.0 Å². The number of nitrogens with one attached hydrogen (secondary N) is 1. The van der Waals surface area contributed by atoms with E-state index < -0.39 is 12.1 Å². The molecule has 0 saturated carbocycles. The molecule has 0 bridgehead atoms. The Balaban J connectivity index is 1.26. The number of likely N-dealkylation sites (tertiary alicyclic amines) is 2. The lowest BCUT2D eigenvalue weighted by Gasteiger charge is -2.32. The monoisotopic (exact) mass is 562 g/mol. The second-order valence-corrected chi connectivity index (χ2v) is 11.9. The highest BCUT2D eigenvalue weighted by Gasteiger charge is 2.42. The molecule has 3 amide bonds. The standard InChI is InChI=1S/C30H42N8O3/c1-35(2)26(8-9-28(39)37-14-4-5-15-37)30(41)38-20-23(16-21-10-12-31-13-11-21)18-27(38)29(40)32-19-22-6-7-25-24(17-22)33-34-36(25)3/h6-7,10-13,23-24,26-27H,4-5,8-9,14-20H2,1-3H3,(H,32,40). The van der Waals surface area contributed by atoms with Gasteiger partial charge < -0.3 is 15.1 Å². The van der Waals surface area contributed by atoms with Gasteiger partial charge in [0.25, 0.3) is 0 Å². The van der Waals surface area contributed by atoms with Gasteiger partial charge in [-0.3, -0.25) is 29.3 Å². The zero-order chi connectivity index (χ0) is 28.9. The minimum absolute atomic E-state index is 0.00433. The van der Waals surface area contributed by atoms with E-state index in [1.54, 1.807) is 22.3 Å². The molecule has 11 heteroatoms. The number of hydrogen-bond donors (Lipinski definition) is 1. The summed E-state index contributed by atoms with van der Waals surface area (Å²) in [4.78, 5) is 50.1. The third-order valence-electron chi connectivity index (χ3n) is 8.72. The van der Waals surface area contributed by atoms with E-state index in [1.165, 1.54) is 0 Å². The summed E-state index contributed by atoms with van der Waals surface area (Å²) < 4.78 is 0. The van der Waals surface area contributed by atoms with Crippen LogP contribution >= 0.6 is 0 Å². The highest BCUT2D eigenvalue weighted by atomic mass is 16.2. The zero-order valence-corrected chi connectivity index (χ0v) is 24.4. The zero-order valence-electron chi connectivity index (χ0n) is 24.4. The summed E-state index contributed by atoms with van der Waals surface area (Å²) in [6, 6.07) is 2.95. The molecule has 11 nitrogen and oxygen atoms in total. The number of carbonyl (C=O) groups excluding carboxylic acids is 3. The van der Waals surface area contributed by atoms with Crippen molar-refractivity contribution in [2.45, 2.75) is 63.1 Å². The van der Waals surface area contributed by atoms with Gasteiger partial charge in [0.15, 0.2) is 0 Å². The van der Waals surface area contributed by atoms with E-state index in [0.717, 1.165) is 49.2 Å². The number of amides is 3. The predicted octanol–water partition coefficient (Wildman–Crippen LogP) is 2.19. The molecule has 1 aromatic heterocycles. The van der Waals surface area contributed by atoms with Gasteiger partial charge in [0.1, 0.15) is 12.1 Å². The van der Waals surface area contributed by atoms with Crippen LogP contribution in [-0.4, -0.2) is 108 Å². The van der Waals surface area contributed by atoms with E-state index in [9.17, 15) is 14.4 Å². The van der Waals surface area contributed by atoms with E-state index in [0.29, 0.717) is 38.8 Å². The number of fused-ring (bicyclic) bond motifs is 1. The number of nitrogens with zero attached hydrogens (tertiary/aromatic N) is 7. The second-order valence-electron chi connectivity index (χ2n) is 11.9. The Morgan fingerprint density at radius 3 is 2.61 bits per heavy atom. The minimum Gasteiger partial charge on any atom is -0.351 e. The van der Waals surface area contributed by atoms with Crippen molar-refractivity contribution in [3.8, 4) is 0 Å². The van der Waals surface area contributed by atoms with E-state index in [4.69, 9.17) is 0 Å². The first-order valence-corrected chi connectivity index (χ1v) is 14.8. The molecule has 5 rings (SSSR count). The smallest absolute Gasteiger partial charge is 0.243 e. The highest BCUT2D eigenvalue weighted by Crippen LogP contribution is 2.30. The maximum absolute atomic E-state index is 14.0. The number of rotatable bonds is 10. The lowest BCUT2D eigenvalue weighted by Crippen LogP contribution is -2.52. The van der Waals surface area contributed by atoms with Crippen LogP contribution in [0, 0.1) is 5.92 Å². The van der Waals surface area contributed by atoms with Crippen molar-refractivity contribution in [3.63, 3.8) is 0 Å². The first-order chi connectivity index (χ1) is 19.8. The Kier molecular flexibility index (Phi) is 9.12. The number of likely N-dealkylation sites (N-methyl/N-ethyl adjacent to an activating group) is 2. The Bertz CT molecular complexity index is 1210. The van der Waals surface area contributed by atoms with Crippen LogP contribution < -0.4 is 5.32 Å². The molecule has 1 N–H and O–H groups in total. The average molecular weight is 563 g/mol. The molecular weight excluding hydrogens is 520 g/mol. The van der Waals surface area contributed by atoms with Crippen molar-refractivity contribution in [2.24, 2.45) is 16.3 Å². The summed E-state index contributed by atoms with van der Waals surface area (Å²) in [6.07, 6.45) is 12.5. The quantitative estimate of drug-likeness (QED) is 0.468. The Morgan fingerprint density at radius 1 is 1.12 bits per heavy atom. The van der Waals surface area contributed by atoms with Gasteiger partial charge in [-0.25, -0.2) is 0 Å². The van der Waals surface area contributed by atoms with E-state index in [2.05, 4.69) is 20.6 Å². The lowest BCUT2D eigenvalue weighted by atomic mass is 9.96. The summed E-state index contributed by atoms with van der Waals surface area (Å²) in [7, 11) is 5.63. The molecule has 2 saturated heterocycles. The van der Waals surface area contributed by atoms with E-state index in [1.807, 2.05) is 55.2 Å². The normalized spacial score (nSPS) is 24.4. The van der Waals surface area contributed by atoms with Crippen LogP contribution in [0.1, 0.15) is 44.1 Å². The molecule has 41 heavy (non-hydrogen) atoms. The predicted molar refractivity (Wildman–Crippen MR) is 154 cm³/mol. The Hall–Kier alpha value is -3.60. The van der Waals surface area contributed by atoms with Crippen molar-refractivity contribution >= 4 is 17.7 Å². The molecule has 4 unspecified atom stereocenters. The molecule has 4 heterocycles. The third kappa shape index (κ3) is 6.83. The van der Waals surface area contributed by atoms with E-state index in [-0.39, 0.29) is 29.7 Å². The van der Waals surface area contributed by atoms with Gasteiger partial charge in [0.05, 0.1) is 11.7 Å². The summed E-state index contributed by atoms with van der Waals surface area (Å²) >= 11 is 0. The number of allylic oxidation sites excluding steroid dienone is 2. The molecule has 4 atom stereocenters. The van der Waals surface area contributed by atoms with Crippen molar-refractivity contribution in [3.05, 3.63) is 53.5 Å². The van der Waals surface area contributed by atoms with Crippen LogP contribution in [0.25, 0.3) is 0 Å². The number of aromatic nitrogens is 1. The topological polar surface area (TPSA) is 114 Å².